The molecule has 5 rings (SSSR count). The molecule has 1 amide bonds. The fraction of sp³-hybridized carbons (Fsp3) is 0.360. The van der Waals surface area contributed by atoms with Gasteiger partial charge in [-0.05, 0) is 76.7 Å². The van der Waals surface area contributed by atoms with E-state index in [9.17, 15) is 9.59 Å². The highest BCUT2D eigenvalue weighted by Gasteiger charge is 2.36. The summed E-state index contributed by atoms with van der Waals surface area (Å²) in [5.41, 5.74) is 2.93. The molecule has 31 heavy (non-hydrogen) atoms. The fourth-order valence-electron chi connectivity index (χ4n) is 5.09. The van der Waals surface area contributed by atoms with Gasteiger partial charge >= 0.3 is 5.97 Å². The summed E-state index contributed by atoms with van der Waals surface area (Å²) >= 11 is 0. The van der Waals surface area contributed by atoms with E-state index in [0.29, 0.717) is 36.6 Å². The predicted octanol–water partition coefficient (Wildman–Crippen LogP) is 4.23. The third-order valence-corrected chi connectivity index (χ3v) is 6.58. The molecule has 2 aliphatic rings. The molecule has 0 N–H and O–H groups in total. The Balaban J connectivity index is 1.83. The van der Waals surface area contributed by atoms with Crippen LogP contribution in [0.2, 0.25) is 0 Å². The molecule has 2 aliphatic heterocycles. The highest BCUT2D eigenvalue weighted by Crippen LogP contribution is 2.44. The monoisotopic (exact) mass is 419 g/mol. The van der Waals surface area contributed by atoms with Crippen molar-refractivity contribution in [3.8, 4) is 11.5 Å². The summed E-state index contributed by atoms with van der Waals surface area (Å²) < 4.78 is 16.4. The van der Waals surface area contributed by atoms with Crippen molar-refractivity contribution in [2.45, 2.75) is 38.8 Å². The van der Waals surface area contributed by atoms with E-state index in [4.69, 9.17) is 14.2 Å². The zero-order valence-electron chi connectivity index (χ0n) is 18.0. The highest BCUT2D eigenvalue weighted by molar-refractivity contribution is 6.13. The van der Waals surface area contributed by atoms with Crippen LogP contribution in [0.4, 0.5) is 0 Å². The van der Waals surface area contributed by atoms with Gasteiger partial charge in [0.25, 0.3) is 0 Å². The number of benzene rings is 3. The van der Waals surface area contributed by atoms with Crippen molar-refractivity contribution in [2.75, 3.05) is 20.8 Å². The number of hydrogen-bond acceptors (Lipinski definition) is 5. The quantitative estimate of drug-likeness (QED) is 0.468. The number of rotatable bonds is 4. The van der Waals surface area contributed by atoms with Gasteiger partial charge < -0.3 is 19.1 Å². The van der Waals surface area contributed by atoms with E-state index >= 15 is 0 Å². The van der Waals surface area contributed by atoms with Crippen molar-refractivity contribution >= 4 is 33.4 Å². The number of carbonyl (C=O) groups excluding carboxylic acids is 2. The summed E-state index contributed by atoms with van der Waals surface area (Å²) in [6.45, 7) is 2.73. The fourth-order valence-corrected chi connectivity index (χ4v) is 5.09. The highest BCUT2D eigenvalue weighted by atomic mass is 16.5. The molecule has 6 nitrogen and oxygen atoms in total. The molecule has 0 unspecified atom stereocenters. The number of carbonyl (C=O) groups is 2. The molecule has 1 saturated heterocycles. The summed E-state index contributed by atoms with van der Waals surface area (Å²) in [6, 6.07) is 9.95. The molecule has 0 spiro atoms. The lowest BCUT2D eigenvalue weighted by Gasteiger charge is -2.33. The number of nitrogens with zero attached hydrogens (tertiary/aromatic N) is 1. The Labute approximate surface area is 180 Å². The molecule has 3 aromatic carbocycles. The summed E-state index contributed by atoms with van der Waals surface area (Å²) in [6.07, 6.45) is 2.32. The average molecular weight is 419 g/mol. The van der Waals surface area contributed by atoms with Crippen LogP contribution in [0.3, 0.4) is 0 Å². The van der Waals surface area contributed by atoms with Gasteiger partial charge in [0.2, 0.25) is 5.91 Å². The molecule has 0 saturated carbocycles. The Kier molecular flexibility index (Phi) is 4.73. The number of hydrogen-bond donors (Lipinski definition) is 0. The van der Waals surface area contributed by atoms with Crippen LogP contribution >= 0.6 is 0 Å². The Morgan fingerprint density at radius 2 is 1.71 bits per heavy atom. The van der Waals surface area contributed by atoms with Gasteiger partial charge in [0.15, 0.2) is 11.5 Å². The molecule has 1 fully saturated rings. The zero-order valence-corrected chi connectivity index (χ0v) is 18.0. The molecule has 6 heteroatoms. The molecule has 2 heterocycles. The number of esters is 1. The first-order valence-corrected chi connectivity index (χ1v) is 10.7. The van der Waals surface area contributed by atoms with E-state index < -0.39 is 0 Å². The van der Waals surface area contributed by atoms with E-state index in [-0.39, 0.29) is 17.9 Å². The van der Waals surface area contributed by atoms with Crippen LogP contribution in [0.15, 0.2) is 30.3 Å². The zero-order chi connectivity index (χ0) is 21.7. The normalized spacial score (nSPS) is 17.6. The number of ether oxygens (including phenoxy) is 3. The van der Waals surface area contributed by atoms with Gasteiger partial charge in [0, 0.05) is 19.0 Å². The summed E-state index contributed by atoms with van der Waals surface area (Å²) in [4.78, 5) is 26.9. The van der Waals surface area contributed by atoms with Gasteiger partial charge in [-0.3, -0.25) is 4.79 Å². The SMILES string of the molecule is CCOC(=O)c1ccc2c3c(c4cc(OC)c(OC)cc4c2c1)CN1C(=O)CC[C@H]1C3. The minimum Gasteiger partial charge on any atom is -0.493 e. The van der Waals surface area contributed by atoms with Crippen molar-refractivity contribution in [2.24, 2.45) is 0 Å². The minimum absolute atomic E-state index is 0.224. The van der Waals surface area contributed by atoms with Crippen molar-refractivity contribution < 1.29 is 23.8 Å². The van der Waals surface area contributed by atoms with Gasteiger partial charge in [-0.15, -0.1) is 0 Å². The Morgan fingerprint density at radius 1 is 1.00 bits per heavy atom. The lowest BCUT2D eigenvalue weighted by Crippen LogP contribution is -2.38. The summed E-state index contributed by atoms with van der Waals surface area (Å²) in [7, 11) is 3.23. The van der Waals surface area contributed by atoms with Crippen molar-refractivity contribution in [3.63, 3.8) is 0 Å². The Hall–Kier alpha value is -3.28. The van der Waals surface area contributed by atoms with Crippen LogP contribution in [-0.2, 0) is 22.5 Å². The Bertz CT molecular complexity index is 1230. The Morgan fingerprint density at radius 3 is 2.42 bits per heavy atom. The number of fused-ring (bicyclic) bond motifs is 7. The van der Waals surface area contributed by atoms with Gasteiger partial charge in [0.05, 0.1) is 26.4 Å². The molecule has 1 atom stereocenters. The first-order valence-electron chi connectivity index (χ1n) is 10.7. The van der Waals surface area contributed by atoms with Crippen LogP contribution in [0, 0.1) is 0 Å². The molecule has 0 radical (unpaired) electrons. The lowest BCUT2D eigenvalue weighted by atomic mass is 9.84. The molecular formula is C25H25NO5. The second-order valence-electron chi connectivity index (χ2n) is 8.11. The van der Waals surface area contributed by atoms with E-state index in [1.165, 1.54) is 5.56 Å². The standard InChI is InChI=1S/C25H25NO5/c1-4-31-25(28)14-5-7-16-17(9-14)19-11-22(29-2)23(30-3)12-20(19)21-13-26-15(10-18(16)21)6-8-24(26)27/h5,7,9,11-12,15H,4,6,8,10,13H2,1-3H3/t15-/m0/s1. The molecule has 160 valence electrons. The summed E-state index contributed by atoms with van der Waals surface area (Å²) in [5, 5.41) is 4.10. The first kappa shape index (κ1) is 19.7. The minimum atomic E-state index is -0.330. The number of methoxy groups -OCH3 is 2. The van der Waals surface area contributed by atoms with Gasteiger partial charge in [0.1, 0.15) is 0 Å². The maximum atomic E-state index is 12.5. The molecule has 3 aromatic rings. The van der Waals surface area contributed by atoms with Crippen molar-refractivity contribution in [3.05, 3.63) is 47.0 Å². The topological polar surface area (TPSA) is 65.1 Å². The van der Waals surface area contributed by atoms with Crippen LogP contribution in [0.1, 0.15) is 41.3 Å². The van der Waals surface area contributed by atoms with Crippen LogP contribution in [0.25, 0.3) is 21.5 Å². The second-order valence-corrected chi connectivity index (χ2v) is 8.11. The van der Waals surface area contributed by atoms with Crippen LogP contribution < -0.4 is 9.47 Å². The van der Waals surface area contributed by atoms with E-state index in [2.05, 4.69) is 0 Å². The van der Waals surface area contributed by atoms with Crippen LogP contribution in [-0.4, -0.2) is 43.6 Å². The van der Waals surface area contributed by atoms with E-state index in [1.807, 2.05) is 35.2 Å². The maximum Gasteiger partial charge on any atom is 0.338 e. The largest absolute Gasteiger partial charge is 0.493 e. The molecule has 0 aromatic heterocycles. The van der Waals surface area contributed by atoms with Gasteiger partial charge in [-0.2, -0.15) is 0 Å². The van der Waals surface area contributed by atoms with E-state index in [1.54, 1.807) is 21.1 Å². The van der Waals surface area contributed by atoms with Crippen molar-refractivity contribution in [1.29, 1.82) is 0 Å². The second kappa shape index (κ2) is 7.45. The predicted molar refractivity (Wildman–Crippen MR) is 118 cm³/mol. The third-order valence-electron chi connectivity index (χ3n) is 6.58. The average Bonchev–Trinajstić information content (AvgIpc) is 3.16. The molecule has 0 bridgehead atoms. The lowest BCUT2D eigenvalue weighted by molar-refractivity contribution is -0.129. The van der Waals surface area contributed by atoms with Gasteiger partial charge in [-0.1, -0.05) is 6.07 Å². The summed E-state index contributed by atoms with van der Waals surface area (Å²) in [5.74, 6) is 1.17. The van der Waals surface area contributed by atoms with E-state index in [0.717, 1.165) is 39.9 Å². The molecular weight excluding hydrogens is 394 g/mol. The first-order chi connectivity index (χ1) is 15.0. The van der Waals surface area contributed by atoms with Crippen LogP contribution in [0.5, 0.6) is 11.5 Å². The smallest absolute Gasteiger partial charge is 0.338 e. The molecule has 0 aliphatic carbocycles. The third kappa shape index (κ3) is 3.00. The number of amides is 1. The van der Waals surface area contributed by atoms with Gasteiger partial charge in [-0.25, -0.2) is 4.79 Å². The van der Waals surface area contributed by atoms with Crippen molar-refractivity contribution in [1.82, 2.24) is 4.90 Å². The maximum absolute atomic E-state index is 12.5.